The van der Waals surface area contributed by atoms with Crippen LogP contribution < -0.4 is 15.6 Å². The second-order valence-electron chi connectivity index (χ2n) is 4.68. The number of carbonyl (C=O) groups excluding carboxylic acids is 2. The average molecular weight is 338 g/mol. The standard InChI is InChI=1S/C16H13F3N2O3/c17-16(18,19)12-7-4-8-13(9-12)24-10-14(22)20-21-15(23)11-5-2-1-3-6-11/h1-9H,10H2,(H,20,22)(H,21,23). The van der Waals surface area contributed by atoms with Gasteiger partial charge >= 0.3 is 6.18 Å². The predicted octanol–water partition coefficient (Wildman–Crippen LogP) is 2.55. The number of nitrogens with one attached hydrogen (secondary N) is 2. The van der Waals surface area contributed by atoms with Crippen LogP contribution in [0, 0.1) is 0 Å². The third-order valence-corrected chi connectivity index (χ3v) is 2.88. The van der Waals surface area contributed by atoms with Gasteiger partial charge in [0.05, 0.1) is 5.56 Å². The van der Waals surface area contributed by atoms with Gasteiger partial charge in [-0.15, -0.1) is 0 Å². The van der Waals surface area contributed by atoms with E-state index in [0.29, 0.717) is 5.56 Å². The van der Waals surface area contributed by atoms with Crippen molar-refractivity contribution in [1.82, 2.24) is 10.9 Å². The van der Waals surface area contributed by atoms with E-state index < -0.39 is 30.2 Å². The van der Waals surface area contributed by atoms with E-state index in [0.717, 1.165) is 12.1 Å². The molecule has 0 fully saturated rings. The molecular formula is C16H13F3N2O3. The summed E-state index contributed by atoms with van der Waals surface area (Å²) in [5.74, 6) is -1.34. The van der Waals surface area contributed by atoms with E-state index >= 15 is 0 Å². The Hall–Kier alpha value is -3.03. The van der Waals surface area contributed by atoms with Gasteiger partial charge in [-0.05, 0) is 30.3 Å². The lowest BCUT2D eigenvalue weighted by atomic mass is 10.2. The molecule has 0 aliphatic carbocycles. The first-order chi connectivity index (χ1) is 11.4. The fourth-order valence-electron chi connectivity index (χ4n) is 1.74. The van der Waals surface area contributed by atoms with E-state index in [2.05, 4.69) is 10.9 Å². The molecule has 2 aromatic carbocycles. The number of carbonyl (C=O) groups is 2. The number of halogens is 3. The Labute approximate surface area is 135 Å². The van der Waals surface area contributed by atoms with Crippen molar-refractivity contribution in [2.45, 2.75) is 6.18 Å². The summed E-state index contributed by atoms with van der Waals surface area (Å²) in [6.45, 7) is -0.545. The topological polar surface area (TPSA) is 67.4 Å². The minimum Gasteiger partial charge on any atom is -0.484 e. The van der Waals surface area contributed by atoms with Crippen LogP contribution in [-0.2, 0) is 11.0 Å². The van der Waals surface area contributed by atoms with E-state index in [9.17, 15) is 22.8 Å². The molecule has 24 heavy (non-hydrogen) atoms. The number of rotatable bonds is 4. The van der Waals surface area contributed by atoms with Gasteiger partial charge in [-0.3, -0.25) is 20.4 Å². The molecule has 5 nitrogen and oxygen atoms in total. The highest BCUT2D eigenvalue weighted by Gasteiger charge is 2.30. The molecule has 126 valence electrons. The van der Waals surface area contributed by atoms with Crippen LogP contribution in [0.15, 0.2) is 54.6 Å². The molecule has 0 aromatic heterocycles. The molecule has 0 aliphatic rings. The second kappa shape index (κ2) is 7.49. The van der Waals surface area contributed by atoms with Gasteiger partial charge in [-0.1, -0.05) is 24.3 Å². The molecule has 0 saturated carbocycles. The maximum absolute atomic E-state index is 12.6. The van der Waals surface area contributed by atoms with Gasteiger partial charge < -0.3 is 4.74 Å². The van der Waals surface area contributed by atoms with Gasteiger partial charge in [0.25, 0.3) is 11.8 Å². The first kappa shape index (κ1) is 17.3. The molecular weight excluding hydrogens is 325 g/mol. The number of hydrogen-bond acceptors (Lipinski definition) is 3. The van der Waals surface area contributed by atoms with Crippen LogP contribution in [0.4, 0.5) is 13.2 Å². The zero-order chi connectivity index (χ0) is 17.6. The van der Waals surface area contributed by atoms with Crippen LogP contribution in [0.25, 0.3) is 0 Å². The highest BCUT2D eigenvalue weighted by atomic mass is 19.4. The molecule has 0 unspecified atom stereocenters. The van der Waals surface area contributed by atoms with Crippen LogP contribution >= 0.6 is 0 Å². The predicted molar refractivity (Wildman–Crippen MR) is 79.0 cm³/mol. The fraction of sp³-hybridized carbons (Fsp3) is 0.125. The Balaban J connectivity index is 1.82. The minimum atomic E-state index is -4.49. The molecule has 0 aliphatic heterocycles. The molecule has 8 heteroatoms. The van der Waals surface area contributed by atoms with Crippen LogP contribution in [0.3, 0.4) is 0 Å². The molecule has 0 heterocycles. The van der Waals surface area contributed by atoms with Crippen molar-refractivity contribution in [1.29, 1.82) is 0 Å². The quantitative estimate of drug-likeness (QED) is 0.842. The number of hydrogen-bond donors (Lipinski definition) is 2. The molecule has 2 aromatic rings. The van der Waals surface area contributed by atoms with Crippen molar-refractivity contribution in [3.63, 3.8) is 0 Å². The van der Waals surface area contributed by atoms with Gasteiger partial charge in [0, 0.05) is 5.56 Å². The Kier molecular flexibility index (Phi) is 5.41. The van der Waals surface area contributed by atoms with Gasteiger partial charge in [-0.25, -0.2) is 0 Å². The largest absolute Gasteiger partial charge is 0.484 e. The minimum absolute atomic E-state index is 0.102. The maximum Gasteiger partial charge on any atom is 0.416 e. The molecule has 2 amide bonds. The zero-order valence-corrected chi connectivity index (χ0v) is 12.3. The van der Waals surface area contributed by atoms with Crippen molar-refractivity contribution in [2.75, 3.05) is 6.61 Å². The van der Waals surface area contributed by atoms with Crippen LogP contribution in [0.1, 0.15) is 15.9 Å². The van der Waals surface area contributed by atoms with E-state index in [1.807, 2.05) is 0 Å². The van der Waals surface area contributed by atoms with Crippen molar-refractivity contribution in [2.24, 2.45) is 0 Å². The van der Waals surface area contributed by atoms with Gasteiger partial charge in [0.15, 0.2) is 6.61 Å². The van der Waals surface area contributed by atoms with Crippen molar-refractivity contribution < 1.29 is 27.5 Å². The van der Waals surface area contributed by atoms with Crippen LogP contribution in [-0.4, -0.2) is 18.4 Å². The van der Waals surface area contributed by atoms with Crippen molar-refractivity contribution in [3.8, 4) is 5.75 Å². The molecule has 0 bridgehead atoms. The lowest BCUT2D eigenvalue weighted by Gasteiger charge is -2.11. The molecule has 0 atom stereocenters. The smallest absolute Gasteiger partial charge is 0.416 e. The number of benzene rings is 2. The average Bonchev–Trinajstić information content (AvgIpc) is 2.58. The van der Waals surface area contributed by atoms with Gasteiger partial charge in [-0.2, -0.15) is 13.2 Å². The Morgan fingerprint density at radius 2 is 1.67 bits per heavy atom. The lowest BCUT2D eigenvalue weighted by Crippen LogP contribution is -2.43. The summed E-state index contributed by atoms with van der Waals surface area (Å²) in [5.41, 5.74) is 3.75. The van der Waals surface area contributed by atoms with Crippen LogP contribution in [0.2, 0.25) is 0 Å². The van der Waals surface area contributed by atoms with E-state index in [-0.39, 0.29) is 5.75 Å². The highest BCUT2D eigenvalue weighted by Crippen LogP contribution is 2.31. The van der Waals surface area contributed by atoms with Crippen molar-refractivity contribution in [3.05, 3.63) is 65.7 Å². The summed E-state index contributed by atoms with van der Waals surface area (Å²) in [5, 5.41) is 0. The summed E-state index contributed by atoms with van der Waals surface area (Å²) >= 11 is 0. The summed E-state index contributed by atoms with van der Waals surface area (Å²) in [7, 11) is 0. The van der Waals surface area contributed by atoms with E-state index in [1.165, 1.54) is 12.1 Å². The number of amides is 2. The molecule has 0 spiro atoms. The summed E-state index contributed by atoms with van der Waals surface area (Å²) in [6, 6.07) is 12.3. The molecule has 2 rings (SSSR count). The molecule has 0 saturated heterocycles. The third kappa shape index (κ3) is 5.01. The summed E-state index contributed by atoms with van der Waals surface area (Å²) in [4.78, 5) is 23.2. The number of hydrazine groups is 1. The summed E-state index contributed by atoms with van der Waals surface area (Å²) in [6.07, 6.45) is -4.49. The zero-order valence-electron chi connectivity index (χ0n) is 12.3. The van der Waals surface area contributed by atoms with Gasteiger partial charge in [0.2, 0.25) is 0 Å². The summed E-state index contributed by atoms with van der Waals surface area (Å²) < 4.78 is 42.6. The Morgan fingerprint density at radius 1 is 0.958 bits per heavy atom. The van der Waals surface area contributed by atoms with Gasteiger partial charge in [0.1, 0.15) is 5.75 Å². The Bertz CT molecular complexity index is 718. The SMILES string of the molecule is O=C(COc1cccc(C(F)(F)F)c1)NNC(=O)c1ccccc1. The van der Waals surface area contributed by atoms with E-state index in [4.69, 9.17) is 4.74 Å². The normalized spacial score (nSPS) is 10.8. The number of ether oxygens (including phenoxy) is 1. The third-order valence-electron chi connectivity index (χ3n) is 2.88. The lowest BCUT2D eigenvalue weighted by molar-refractivity contribution is -0.137. The fourth-order valence-corrected chi connectivity index (χ4v) is 1.74. The molecule has 2 N–H and O–H groups in total. The first-order valence-corrected chi connectivity index (χ1v) is 6.80. The number of alkyl halides is 3. The second-order valence-corrected chi connectivity index (χ2v) is 4.68. The first-order valence-electron chi connectivity index (χ1n) is 6.80. The monoisotopic (exact) mass is 338 g/mol. The van der Waals surface area contributed by atoms with Crippen molar-refractivity contribution >= 4 is 11.8 Å². The molecule has 0 radical (unpaired) electrons. The van der Waals surface area contributed by atoms with Crippen LogP contribution in [0.5, 0.6) is 5.75 Å². The highest BCUT2D eigenvalue weighted by molar-refractivity contribution is 5.95. The van der Waals surface area contributed by atoms with E-state index in [1.54, 1.807) is 30.3 Å². The maximum atomic E-state index is 12.6. The Morgan fingerprint density at radius 3 is 2.33 bits per heavy atom.